The predicted octanol–water partition coefficient (Wildman–Crippen LogP) is -0.385. The maximum Gasteiger partial charge on any atom is 0.278 e. The van der Waals surface area contributed by atoms with Crippen LogP contribution in [0.15, 0.2) is 24.3 Å². The number of ether oxygens (including phenoxy) is 2. The highest BCUT2D eigenvalue weighted by molar-refractivity contribution is 5.79. The van der Waals surface area contributed by atoms with E-state index >= 15 is 0 Å². The van der Waals surface area contributed by atoms with Crippen molar-refractivity contribution in [3.8, 4) is 5.75 Å². The number of amides is 1. The van der Waals surface area contributed by atoms with Crippen molar-refractivity contribution in [3.05, 3.63) is 29.8 Å². The lowest BCUT2D eigenvalue weighted by atomic mass is 10.2. The van der Waals surface area contributed by atoms with Crippen LogP contribution in [0.3, 0.4) is 0 Å². The molecule has 1 aliphatic rings. The maximum atomic E-state index is 12.2. The molecule has 0 unspecified atom stereocenters. The number of hydrogen-bond donors (Lipinski definition) is 2. The van der Waals surface area contributed by atoms with Gasteiger partial charge < -0.3 is 19.7 Å². The zero-order valence-corrected chi connectivity index (χ0v) is 12.1. The lowest BCUT2D eigenvalue weighted by Crippen LogP contribution is -3.18. The molecule has 1 saturated heterocycles. The molecule has 110 valence electrons. The molecule has 1 amide bonds. The summed E-state index contributed by atoms with van der Waals surface area (Å²) in [6.45, 7) is 5.72. The molecule has 0 aromatic heterocycles. The molecule has 0 bridgehead atoms. The highest BCUT2D eigenvalue weighted by Gasteiger charge is 2.26. The first-order valence-corrected chi connectivity index (χ1v) is 7.04. The number of benzene rings is 1. The van der Waals surface area contributed by atoms with Crippen LogP contribution in [0.5, 0.6) is 5.75 Å². The molecule has 2 N–H and O–H groups in total. The van der Waals surface area contributed by atoms with Gasteiger partial charge in [-0.1, -0.05) is 18.2 Å². The van der Waals surface area contributed by atoms with Gasteiger partial charge in [0.05, 0.1) is 20.3 Å². The molecule has 1 aliphatic heterocycles. The number of morpholine rings is 1. The minimum absolute atomic E-state index is 0.0476. The zero-order valence-electron chi connectivity index (χ0n) is 12.1. The quantitative estimate of drug-likeness (QED) is 0.772. The molecular formula is C15H23N2O3+. The van der Waals surface area contributed by atoms with Crippen molar-refractivity contribution < 1.29 is 19.2 Å². The highest BCUT2D eigenvalue weighted by atomic mass is 16.5. The number of para-hydroxylation sites is 1. The van der Waals surface area contributed by atoms with Gasteiger partial charge in [0.1, 0.15) is 18.8 Å². The van der Waals surface area contributed by atoms with E-state index < -0.39 is 0 Å². The summed E-state index contributed by atoms with van der Waals surface area (Å²) in [5.41, 5.74) is 0.993. The van der Waals surface area contributed by atoms with Crippen LogP contribution in [0, 0.1) is 0 Å². The molecule has 1 aromatic carbocycles. The van der Waals surface area contributed by atoms with Gasteiger partial charge in [0, 0.05) is 12.1 Å². The lowest BCUT2D eigenvalue weighted by Gasteiger charge is -2.28. The van der Waals surface area contributed by atoms with Crippen molar-refractivity contribution in [2.75, 3.05) is 33.4 Å². The van der Waals surface area contributed by atoms with Crippen LogP contribution in [-0.4, -0.2) is 45.4 Å². The Morgan fingerprint density at radius 2 is 2.10 bits per heavy atom. The molecule has 20 heavy (non-hydrogen) atoms. The van der Waals surface area contributed by atoms with Gasteiger partial charge in [0.2, 0.25) is 0 Å². The number of carbonyl (C=O) groups excluding carboxylic acids is 1. The predicted molar refractivity (Wildman–Crippen MR) is 75.8 cm³/mol. The van der Waals surface area contributed by atoms with Crippen molar-refractivity contribution >= 4 is 5.91 Å². The third-order valence-electron chi connectivity index (χ3n) is 3.79. The Morgan fingerprint density at radius 3 is 2.80 bits per heavy atom. The van der Waals surface area contributed by atoms with Crippen molar-refractivity contribution in [2.45, 2.75) is 19.5 Å². The molecule has 1 fully saturated rings. The summed E-state index contributed by atoms with van der Waals surface area (Å²) in [6.07, 6.45) is 0. The second-order valence-corrected chi connectivity index (χ2v) is 5.02. The van der Waals surface area contributed by atoms with Gasteiger partial charge in [0.25, 0.3) is 5.91 Å². The molecule has 0 spiro atoms. The van der Waals surface area contributed by atoms with E-state index in [1.807, 2.05) is 31.2 Å². The number of carbonyl (C=O) groups is 1. The molecule has 0 aliphatic carbocycles. The average Bonchev–Trinajstić information content (AvgIpc) is 2.53. The summed E-state index contributed by atoms with van der Waals surface area (Å²) in [5.74, 6) is 0.881. The minimum Gasteiger partial charge on any atom is -0.496 e. The fourth-order valence-electron chi connectivity index (χ4n) is 2.44. The second-order valence-electron chi connectivity index (χ2n) is 5.02. The summed E-state index contributed by atoms with van der Waals surface area (Å²) in [6, 6.07) is 7.68. The molecule has 1 atom stereocenters. The van der Waals surface area contributed by atoms with Crippen molar-refractivity contribution in [2.24, 2.45) is 0 Å². The first-order valence-electron chi connectivity index (χ1n) is 7.04. The maximum absolute atomic E-state index is 12.2. The van der Waals surface area contributed by atoms with Crippen molar-refractivity contribution in [1.29, 1.82) is 0 Å². The Morgan fingerprint density at radius 1 is 1.40 bits per heavy atom. The minimum atomic E-state index is -0.0476. The molecule has 1 heterocycles. The number of nitrogens with one attached hydrogen (secondary N) is 2. The molecule has 5 heteroatoms. The highest BCUT2D eigenvalue weighted by Crippen LogP contribution is 2.16. The van der Waals surface area contributed by atoms with Crippen LogP contribution in [-0.2, 0) is 16.1 Å². The Balaban J connectivity index is 1.87. The summed E-state index contributed by atoms with van der Waals surface area (Å²) in [4.78, 5) is 13.5. The van der Waals surface area contributed by atoms with E-state index in [1.54, 1.807) is 7.11 Å². The van der Waals surface area contributed by atoms with Gasteiger partial charge in [-0.05, 0) is 13.0 Å². The normalized spacial score (nSPS) is 17.5. The van der Waals surface area contributed by atoms with E-state index in [0.29, 0.717) is 6.54 Å². The van der Waals surface area contributed by atoms with E-state index in [4.69, 9.17) is 9.47 Å². The summed E-state index contributed by atoms with van der Waals surface area (Å²) < 4.78 is 10.6. The molecule has 0 radical (unpaired) electrons. The van der Waals surface area contributed by atoms with Crippen LogP contribution in [0.2, 0.25) is 0 Å². The van der Waals surface area contributed by atoms with Crippen LogP contribution in [0.1, 0.15) is 12.5 Å². The standard InChI is InChI=1S/C15H22N2O3/c1-12(17-7-9-20-10-8-17)15(18)16-11-13-5-3-4-6-14(13)19-2/h3-6,12H,7-11H2,1-2H3,(H,16,18)/p+1/t12-/m0/s1. The van der Waals surface area contributed by atoms with Gasteiger partial charge >= 0.3 is 0 Å². The smallest absolute Gasteiger partial charge is 0.278 e. The van der Waals surface area contributed by atoms with Crippen LogP contribution in [0.4, 0.5) is 0 Å². The van der Waals surface area contributed by atoms with Gasteiger partial charge in [-0.2, -0.15) is 0 Å². The van der Waals surface area contributed by atoms with E-state index in [1.165, 1.54) is 4.90 Å². The Hall–Kier alpha value is -1.59. The van der Waals surface area contributed by atoms with E-state index in [0.717, 1.165) is 37.6 Å². The number of quaternary nitrogens is 1. The SMILES string of the molecule is COc1ccccc1CNC(=O)[C@H](C)[NH+]1CCOCC1. The molecule has 2 rings (SSSR count). The number of methoxy groups -OCH3 is 1. The summed E-state index contributed by atoms with van der Waals surface area (Å²) in [7, 11) is 1.64. The fraction of sp³-hybridized carbons (Fsp3) is 0.533. The fourth-order valence-corrected chi connectivity index (χ4v) is 2.44. The van der Waals surface area contributed by atoms with E-state index in [9.17, 15) is 4.79 Å². The molecule has 0 saturated carbocycles. The van der Waals surface area contributed by atoms with Gasteiger partial charge in [-0.15, -0.1) is 0 Å². The van der Waals surface area contributed by atoms with Gasteiger partial charge in [-0.3, -0.25) is 4.79 Å². The Kier molecular flexibility index (Phi) is 5.38. The van der Waals surface area contributed by atoms with Gasteiger partial charge in [-0.25, -0.2) is 0 Å². The monoisotopic (exact) mass is 279 g/mol. The van der Waals surface area contributed by atoms with Crippen molar-refractivity contribution in [3.63, 3.8) is 0 Å². The average molecular weight is 279 g/mol. The van der Waals surface area contributed by atoms with E-state index in [-0.39, 0.29) is 11.9 Å². The molecule has 1 aromatic rings. The molecular weight excluding hydrogens is 256 g/mol. The lowest BCUT2D eigenvalue weighted by molar-refractivity contribution is -0.921. The Bertz CT molecular complexity index is 444. The van der Waals surface area contributed by atoms with Crippen LogP contribution in [0.25, 0.3) is 0 Å². The third kappa shape index (κ3) is 3.71. The largest absolute Gasteiger partial charge is 0.496 e. The second kappa shape index (κ2) is 7.26. The third-order valence-corrected chi connectivity index (χ3v) is 3.79. The van der Waals surface area contributed by atoms with Gasteiger partial charge in [0.15, 0.2) is 6.04 Å². The first-order chi connectivity index (χ1) is 9.72. The summed E-state index contributed by atoms with van der Waals surface area (Å²) >= 11 is 0. The number of hydrogen-bond acceptors (Lipinski definition) is 3. The van der Waals surface area contributed by atoms with E-state index in [2.05, 4.69) is 5.32 Å². The van der Waals surface area contributed by atoms with Crippen molar-refractivity contribution in [1.82, 2.24) is 5.32 Å². The Labute approximate surface area is 119 Å². The first kappa shape index (κ1) is 14.8. The number of rotatable bonds is 5. The topological polar surface area (TPSA) is 52.0 Å². The van der Waals surface area contributed by atoms with Crippen LogP contribution < -0.4 is 15.0 Å². The van der Waals surface area contributed by atoms with Crippen LogP contribution >= 0.6 is 0 Å². The molecule has 5 nitrogen and oxygen atoms in total. The summed E-state index contributed by atoms with van der Waals surface area (Å²) in [5, 5.41) is 2.99. The zero-order chi connectivity index (χ0) is 14.4.